The average molecular weight is 252 g/mol. The Balaban J connectivity index is 1.97. The normalized spacial score (nSPS) is 10.4. The standard InChI is InChI=1S/C9H12N6OS/c1-2-15-5-12-14-7(15)3-11-8(16)6-4-17-9(10)13-6/h4-5H,2-3H2,1H3,(H2,10,13)(H,11,16). The molecule has 0 aromatic carbocycles. The number of hydrogen-bond donors (Lipinski definition) is 2. The van der Waals surface area contributed by atoms with E-state index < -0.39 is 0 Å². The van der Waals surface area contributed by atoms with E-state index in [1.54, 1.807) is 11.7 Å². The molecular weight excluding hydrogens is 240 g/mol. The Labute approximate surface area is 102 Å². The van der Waals surface area contributed by atoms with Crippen molar-refractivity contribution in [3.63, 3.8) is 0 Å². The molecule has 2 heterocycles. The van der Waals surface area contributed by atoms with E-state index in [4.69, 9.17) is 5.73 Å². The van der Waals surface area contributed by atoms with Crippen molar-refractivity contribution in [3.8, 4) is 0 Å². The summed E-state index contributed by atoms with van der Waals surface area (Å²) in [5.74, 6) is 0.452. The zero-order chi connectivity index (χ0) is 12.3. The molecule has 2 rings (SSSR count). The van der Waals surface area contributed by atoms with Crippen LogP contribution in [0.5, 0.6) is 0 Å². The largest absolute Gasteiger partial charge is 0.375 e. The van der Waals surface area contributed by atoms with Gasteiger partial charge in [0.25, 0.3) is 5.91 Å². The first-order valence-electron chi connectivity index (χ1n) is 5.06. The van der Waals surface area contributed by atoms with Crippen LogP contribution in [0.1, 0.15) is 23.2 Å². The van der Waals surface area contributed by atoms with Gasteiger partial charge in [0.1, 0.15) is 12.0 Å². The zero-order valence-electron chi connectivity index (χ0n) is 9.25. The van der Waals surface area contributed by atoms with E-state index in [2.05, 4.69) is 20.5 Å². The summed E-state index contributed by atoms with van der Waals surface area (Å²) in [6.45, 7) is 3.07. The second kappa shape index (κ2) is 4.91. The molecule has 1 amide bonds. The van der Waals surface area contributed by atoms with Crippen molar-refractivity contribution >= 4 is 22.4 Å². The smallest absolute Gasteiger partial charge is 0.271 e. The first kappa shape index (κ1) is 11.5. The third-order valence-electron chi connectivity index (χ3n) is 2.20. The van der Waals surface area contributed by atoms with Gasteiger partial charge in [0.05, 0.1) is 6.54 Å². The van der Waals surface area contributed by atoms with Gasteiger partial charge in [0.2, 0.25) is 0 Å². The first-order chi connectivity index (χ1) is 8.20. The van der Waals surface area contributed by atoms with Gasteiger partial charge in [0.15, 0.2) is 11.0 Å². The van der Waals surface area contributed by atoms with Crippen molar-refractivity contribution in [2.45, 2.75) is 20.0 Å². The van der Waals surface area contributed by atoms with Crippen molar-refractivity contribution in [3.05, 3.63) is 23.2 Å². The molecular formula is C9H12N6OS. The SMILES string of the molecule is CCn1cnnc1CNC(=O)c1csc(N)n1. The van der Waals surface area contributed by atoms with E-state index in [1.165, 1.54) is 11.3 Å². The number of carbonyl (C=O) groups is 1. The number of aryl methyl sites for hydroxylation is 1. The fourth-order valence-electron chi connectivity index (χ4n) is 1.32. The van der Waals surface area contributed by atoms with Crippen LogP contribution in [-0.4, -0.2) is 25.7 Å². The van der Waals surface area contributed by atoms with E-state index in [0.717, 1.165) is 6.54 Å². The fourth-order valence-corrected chi connectivity index (χ4v) is 1.86. The molecule has 2 aromatic rings. The molecule has 0 unspecified atom stereocenters. The van der Waals surface area contributed by atoms with Crippen LogP contribution in [0, 0.1) is 0 Å². The molecule has 0 bridgehead atoms. The maximum absolute atomic E-state index is 11.7. The molecule has 0 fully saturated rings. The van der Waals surface area contributed by atoms with Crippen molar-refractivity contribution in [1.29, 1.82) is 0 Å². The van der Waals surface area contributed by atoms with Gasteiger partial charge in [-0.25, -0.2) is 4.98 Å². The minimum atomic E-state index is -0.261. The molecule has 7 nitrogen and oxygen atoms in total. The molecule has 8 heteroatoms. The first-order valence-corrected chi connectivity index (χ1v) is 5.94. The summed E-state index contributed by atoms with van der Waals surface area (Å²) in [6.07, 6.45) is 1.63. The van der Waals surface area contributed by atoms with Gasteiger partial charge in [-0.1, -0.05) is 0 Å². The van der Waals surface area contributed by atoms with E-state index in [9.17, 15) is 4.79 Å². The van der Waals surface area contributed by atoms with Crippen LogP contribution < -0.4 is 11.1 Å². The van der Waals surface area contributed by atoms with Crippen LogP contribution >= 0.6 is 11.3 Å². The quantitative estimate of drug-likeness (QED) is 0.813. The van der Waals surface area contributed by atoms with Crippen LogP contribution in [-0.2, 0) is 13.1 Å². The molecule has 0 saturated heterocycles. The summed E-state index contributed by atoms with van der Waals surface area (Å²) in [5, 5.41) is 12.4. The Morgan fingerprint density at radius 3 is 3.12 bits per heavy atom. The van der Waals surface area contributed by atoms with Gasteiger partial charge in [-0.05, 0) is 6.92 Å². The molecule has 0 radical (unpaired) electrons. The highest BCUT2D eigenvalue weighted by atomic mass is 32.1. The molecule has 17 heavy (non-hydrogen) atoms. The lowest BCUT2D eigenvalue weighted by atomic mass is 10.4. The van der Waals surface area contributed by atoms with Gasteiger partial charge in [0, 0.05) is 11.9 Å². The third-order valence-corrected chi connectivity index (χ3v) is 2.87. The summed E-state index contributed by atoms with van der Waals surface area (Å²) < 4.78 is 1.86. The highest BCUT2D eigenvalue weighted by Gasteiger charge is 2.10. The molecule has 0 aliphatic heterocycles. The number of aromatic nitrogens is 4. The number of hydrogen-bond acceptors (Lipinski definition) is 6. The topological polar surface area (TPSA) is 98.7 Å². The second-order valence-electron chi connectivity index (χ2n) is 3.29. The lowest BCUT2D eigenvalue weighted by molar-refractivity contribution is 0.0945. The highest BCUT2D eigenvalue weighted by Crippen LogP contribution is 2.10. The Bertz CT molecular complexity index is 519. The Morgan fingerprint density at radius 1 is 1.65 bits per heavy atom. The second-order valence-corrected chi connectivity index (χ2v) is 4.18. The average Bonchev–Trinajstić information content (AvgIpc) is 2.94. The Morgan fingerprint density at radius 2 is 2.47 bits per heavy atom. The monoisotopic (exact) mass is 252 g/mol. The maximum Gasteiger partial charge on any atom is 0.271 e. The van der Waals surface area contributed by atoms with Crippen LogP contribution in [0.15, 0.2) is 11.7 Å². The summed E-state index contributed by atoms with van der Waals surface area (Å²) in [6, 6.07) is 0. The summed E-state index contributed by atoms with van der Waals surface area (Å²) in [7, 11) is 0. The molecule has 0 aliphatic rings. The van der Waals surface area contributed by atoms with Crippen LogP contribution in [0.2, 0.25) is 0 Å². The number of nitrogens with two attached hydrogens (primary N) is 1. The summed E-state index contributed by atoms with van der Waals surface area (Å²) in [4.78, 5) is 15.6. The zero-order valence-corrected chi connectivity index (χ0v) is 10.1. The summed E-state index contributed by atoms with van der Waals surface area (Å²) in [5.41, 5.74) is 5.78. The number of carbonyl (C=O) groups excluding carboxylic acids is 1. The predicted molar refractivity (Wildman–Crippen MR) is 63.4 cm³/mol. The van der Waals surface area contributed by atoms with Gasteiger partial charge >= 0.3 is 0 Å². The van der Waals surface area contributed by atoms with Crippen molar-refractivity contribution in [2.24, 2.45) is 0 Å². The number of thiazole rings is 1. The highest BCUT2D eigenvalue weighted by molar-refractivity contribution is 7.13. The minimum Gasteiger partial charge on any atom is -0.375 e. The van der Waals surface area contributed by atoms with Gasteiger partial charge in [-0.2, -0.15) is 0 Å². The van der Waals surface area contributed by atoms with Crippen molar-refractivity contribution in [2.75, 3.05) is 5.73 Å². The number of nitrogen functional groups attached to an aromatic ring is 1. The van der Waals surface area contributed by atoms with Crippen LogP contribution in [0.4, 0.5) is 5.13 Å². The van der Waals surface area contributed by atoms with Gasteiger partial charge < -0.3 is 15.6 Å². The maximum atomic E-state index is 11.7. The molecule has 0 saturated carbocycles. The fraction of sp³-hybridized carbons (Fsp3) is 0.333. The van der Waals surface area contributed by atoms with E-state index in [0.29, 0.717) is 23.2 Å². The number of rotatable bonds is 4. The number of anilines is 1. The predicted octanol–water partition coefficient (Wildman–Crippen LogP) is 0.267. The summed E-state index contributed by atoms with van der Waals surface area (Å²) >= 11 is 1.24. The van der Waals surface area contributed by atoms with Gasteiger partial charge in [-0.15, -0.1) is 21.5 Å². The van der Waals surface area contributed by atoms with Crippen molar-refractivity contribution in [1.82, 2.24) is 25.1 Å². The lowest BCUT2D eigenvalue weighted by Gasteiger charge is -2.04. The van der Waals surface area contributed by atoms with Crippen LogP contribution in [0.3, 0.4) is 0 Å². The van der Waals surface area contributed by atoms with E-state index in [-0.39, 0.29) is 5.91 Å². The van der Waals surface area contributed by atoms with Crippen LogP contribution in [0.25, 0.3) is 0 Å². The van der Waals surface area contributed by atoms with E-state index in [1.807, 2.05) is 11.5 Å². The van der Waals surface area contributed by atoms with Crippen molar-refractivity contribution < 1.29 is 4.79 Å². The molecule has 90 valence electrons. The third kappa shape index (κ3) is 2.59. The lowest BCUT2D eigenvalue weighted by Crippen LogP contribution is -2.25. The molecule has 2 aromatic heterocycles. The van der Waals surface area contributed by atoms with E-state index >= 15 is 0 Å². The minimum absolute atomic E-state index is 0.261. The molecule has 0 atom stereocenters. The Hall–Kier alpha value is -1.96. The van der Waals surface area contributed by atoms with Gasteiger partial charge in [-0.3, -0.25) is 4.79 Å². The molecule has 0 aliphatic carbocycles. The number of nitrogens with zero attached hydrogens (tertiary/aromatic N) is 4. The number of amides is 1. The molecule has 3 N–H and O–H groups in total. The molecule has 0 spiro atoms. The number of nitrogens with one attached hydrogen (secondary N) is 1. The Kier molecular flexibility index (Phi) is 3.33.